The van der Waals surface area contributed by atoms with E-state index in [-0.39, 0.29) is 4.90 Å². The molecule has 0 aliphatic heterocycles. The van der Waals surface area contributed by atoms with Crippen molar-refractivity contribution in [1.82, 2.24) is 0 Å². The minimum Gasteiger partial charge on any atom is -0.377 e. The predicted molar refractivity (Wildman–Crippen MR) is 108 cm³/mol. The molecular weight excluding hydrogens is 435 g/mol. The van der Waals surface area contributed by atoms with Gasteiger partial charge in [0.05, 0.1) is 10.6 Å². The second-order valence-corrected chi connectivity index (χ2v) is 8.42. The van der Waals surface area contributed by atoms with Gasteiger partial charge in [0.1, 0.15) is 0 Å². The minimum absolute atomic E-state index is 0.281. The van der Waals surface area contributed by atoms with Crippen molar-refractivity contribution in [3.8, 4) is 0 Å². The molecule has 24 heavy (non-hydrogen) atoms. The van der Waals surface area contributed by atoms with Gasteiger partial charge in [-0.25, -0.2) is 8.42 Å². The van der Waals surface area contributed by atoms with Crippen molar-refractivity contribution in [2.45, 2.75) is 4.90 Å². The van der Waals surface area contributed by atoms with Crippen LogP contribution in [-0.2, 0) is 10.0 Å². The monoisotopic (exact) mass is 452 g/mol. The van der Waals surface area contributed by atoms with Gasteiger partial charge in [0.25, 0.3) is 10.0 Å². The highest BCUT2D eigenvalue weighted by atomic mass is 127. The summed E-state index contributed by atoms with van der Waals surface area (Å²) in [5, 5.41) is 1.62. The predicted octanol–water partition coefficient (Wildman–Crippen LogP) is 4.31. The van der Waals surface area contributed by atoms with Crippen LogP contribution < -0.4 is 9.62 Å². The summed E-state index contributed by atoms with van der Waals surface area (Å²) in [6, 6.07) is 18.4. The third-order valence-electron chi connectivity index (χ3n) is 3.75. The van der Waals surface area contributed by atoms with E-state index in [1.54, 1.807) is 18.2 Å². The van der Waals surface area contributed by atoms with E-state index in [0.29, 0.717) is 11.1 Å². The Morgan fingerprint density at radius 3 is 2.25 bits per heavy atom. The van der Waals surface area contributed by atoms with E-state index >= 15 is 0 Å². The number of benzene rings is 3. The SMILES string of the molecule is CN(C)c1cccc2c(S(=O)(=O)Nc3ccccc3I)cccc12. The Morgan fingerprint density at radius 1 is 0.875 bits per heavy atom. The largest absolute Gasteiger partial charge is 0.377 e. The molecule has 0 bridgehead atoms. The lowest BCUT2D eigenvalue weighted by Crippen LogP contribution is -2.15. The number of nitrogens with one attached hydrogen (secondary N) is 1. The van der Waals surface area contributed by atoms with Gasteiger partial charge in [-0.05, 0) is 46.9 Å². The zero-order valence-corrected chi connectivity index (χ0v) is 16.3. The van der Waals surface area contributed by atoms with Crippen molar-refractivity contribution in [1.29, 1.82) is 0 Å². The van der Waals surface area contributed by atoms with E-state index < -0.39 is 10.0 Å². The van der Waals surface area contributed by atoms with Crippen LogP contribution >= 0.6 is 22.6 Å². The van der Waals surface area contributed by atoms with Gasteiger partial charge in [-0.1, -0.05) is 36.4 Å². The van der Waals surface area contributed by atoms with E-state index in [0.717, 1.165) is 14.6 Å². The first-order chi connectivity index (χ1) is 11.4. The molecule has 0 radical (unpaired) electrons. The number of hydrogen-bond acceptors (Lipinski definition) is 3. The van der Waals surface area contributed by atoms with E-state index in [1.807, 2.05) is 61.5 Å². The summed E-state index contributed by atoms with van der Waals surface area (Å²) < 4.78 is 29.4. The van der Waals surface area contributed by atoms with Gasteiger partial charge < -0.3 is 4.90 Å². The van der Waals surface area contributed by atoms with Crippen LogP contribution in [0.2, 0.25) is 0 Å². The molecule has 0 saturated carbocycles. The van der Waals surface area contributed by atoms with Crippen molar-refractivity contribution >= 4 is 54.8 Å². The second kappa shape index (κ2) is 6.60. The fourth-order valence-corrected chi connectivity index (χ4v) is 4.64. The number of nitrogens with zero attached hydrogens (tertiary/aromatic N) is 1. The van der Waals surface area contributed by atoms with E-state index in [1.165, 1.54) is 0 Å². The molecule has 4 nitrogen and oxygen atoms in total. The Labute approximate surface area is 155 Å². The molecule has 3 aromatic carbocycles. The smallest absolute Gasteiger partial charge is 0.262 e. The topological polar surface area (TPSA) is 49.4 Å². The molecule has 124 valence electrons. The van der Waals surface area contributed by atoms with Crippen LogP contribution in [0.5, 0.6) is 0 Å². The van der Waals surface area contributed by atoms with Gasteiger partial charge in [0, 0.05) is 34.1 Å². The summed E-state index contributed by atoms with van der Waals surface area (Å²) in [6.45, 7) is 0. The molecule has 0 aromatic heterocycles. The first kappa shape index (κ1) is 17.0. The van der Waals surface area contributed by atoms with Crippen LogP contribution in [0.4, 0.5) is 11.4 Å². The Morgan fingerprint density at radius 2 is 1.54 bits per heavy atom. The van der Waals surface area contributed by atoms with Gasteiger partial charge >= 0.3 is 0 Å². The molecule has 0 atom stereocenters. The summed E-state index contributed by atoms with van der Waals surface area (Å²) >= 11 is 2.12. The first-order valence-corrected chi connectivity index (χ1v) is 9.93. The van der Waals surface area contributed by atoms with Crippen molar-refractivity contribution < 1.29 is 8.42 Å². The average Bonchev–Trinajstić information content (AvgIpc) is 2.55. The first-order valence-electron chi connectivity index (χ1n) is 7.36. The molecule has 0 aliphatic carbocycles. The van der Waals surface area contributed by atoms with Crippen LogP contribution in [0.1, 0.15) is 0 Å². The highest BCUT2D eigenvalue weighted by molar-refractivity contribution is 14.1. The zero-order valence-electron chi connectivity index (χ0n) is 13.3. The molecule has 0 amide bonds. The van der Waals surface area contributed by atoms with Crippen LogP contribution in [0.3, 0.4) is 0 Å². The van der Waals surface area contributed by atoms with Crippen molar-refractivity contribution in [2.24, 2.45) is 0 Å². The van der Waals surface area contributed by atoms with Crippen LogP contribution in [0, 0.1) is 3.57 Å². The standard InChI is InChI=1S/C18H17IN2O2S/c1-21(2)17-11-5-8-14-13(17)7-6-12-18(14)24(22,23)20-16-10-4-3-9-15(16)19/h3-12,20H,1-2H3. The number of halogens is 1. The van der Waals surface area contributed by atoms with Gasteiger partial charge in [0.2, 0.25) is 0 Å². The van der Waals surface area contributed by atoms with Gasteiger partial charge in [-0.2, -0.15) is 0 Å². The van der Waals surface area contributed by atoms with Crippen LogP contribution in [-0.4, -0.2) is 22.5 Å². The van der Waals surface area contributed by atoms with Gasteiger partial charge in [-0.15, -0.1) is 0 Å². The lowest BCUT2D eigenvalue weighted by molar-refractivity contribution is 0.602. The summed E-state index contributed by atoms with van der Waals surface area (Å²) in [7, 11) is 0.212. The van der Waals surface area contributed by atoms with Crippen LogP contribution in [0.25, 0.3) is 10.8 Å². The number of para-hydroxylation sites is 1. The molecule has 3 rings (SSSR count). The molecule has 0 aliphatic rings. The van der Waals surface area contributed by atoms with E-state index in [4.69, 9.17) is 0 Å². The third-order valence-corrected chi connectivity index (χ3v) is 6.11. The number of rotatable bonds is 4. The fourth-order valence-electron chi connectivity index (χ4n) is 2.63. The number of anilines is 2. The van der Waals surface area contributed by atoms with E-state index in [2.05, 4.69) is 27.3 Å². The molecule has 0 heterocycles. The second-order valence-electron chi connectivity index (χ2n) is 5.61. The molecule has 0 saturated heterocycles. The number of sulfonamides is 1. The highest BCUT2D eigenvalue weighted by Gasteiger charge is 2.19. The Kier molecular flexibility index (Phi) is 4.69. The van der Waals surface area contributed by atoms with Crippen LogP contribution in [0.15, 0.2) is 65.6 Å². The number of hydrogen-bond donors (Lipinski definition) is 1. The Balaban J connectivity index is 2.15. The minimum atomic E-state index is -3.68. The summed E-state index contributed by atoms with van der Waals surface area (Å²) in [6.07, 6.45) is 0. The van der Waals surface area contributed by atoms with Crippen molar-refractivity contribution in [2.75, 3.05) is 23.7 Å². The zero-order chi connectivity index (χ0) is 17.3. The van der Waals surface area contributed by atoms with Gasteiger partial charge in [0.15, 0.2) is 0 Å². The quantitative estimate of drug-likeness (QED) is 0.601. The summed E-state index contributed by atoms with van der Waals surface area (Å²) in [5.41, 5.74) is 1.57. The summed E-state index contributed by atoms with van der Waals surface area (Å²) in [4.78, 5) is 2.26. The molecular formula is C18H17IN2O2S. The molecule has 0 spiro atoms. The Bertz CT molecular complexity index is 1000. The molecule has 6 heteroatoms. The summed E-state index contributed by atoms with van der Waals surface area (Å²) in [5.74, 6) is 0. The highest BCUT2D eigenvalue weighted by Crippen LogP contribution is 2.31. The molecule has 0 unspecified atom stereocenters. The maximum absolute atomic E-state index is 12.9. The van der Waals surface area contributed by atoms with E-state index in [9.17, 15) is 8.42 Å². The molecule has 3 aromatic rings. The van der Waals surface area contributed by atoms with Gasteiger partial charge in [-0.3, -0.25) is 4.72 Å². The molecule has 1 N–H and O–H groups in total. The normalized spacial score (nSPS) is 11.5. The lowest BCUT2D eigenvalue weighted by Gasteiger charge is -2.17. The molecule has 0 fully saturated rings. The lowest BCUT2D eigenvalue weighted by atomic mass is 10.1. The number of fused-ring (bicyclic) bond motifs is 1. The fraction of sp³-hybridized carbons (Fsp3) is 0.111. The van der Waals surface area contributed by atoms with Crippen molar-refractivity contribution in [3.63, 3.8) is 0 Å². The average molecular weight is 452 g/mol. The maximum Gasteiger partial charge on any atom is 0.262 e. The maximum atomic E-state index is 12.9. The third kappa shape index (κ3) is 3.21. The Hall–Kier alpha value is -1.80. The van der Waals surface area contributed by atoms with Crippen molar-refractivity contribution in [3.05, 3.63) is 64.2 Å².